The van der Waals surface area contributed by atoms with Gasteiger partial charge in [-0.15, -0.1) is 0 Å². The van der Waals surface area contributed by atoms with Gasteiger partial charge < -0.3 is 14.4 Å². The summed E-state index contributed by atoms with van der Waals surface area (Å²) < 4.78 is 5.12. The second-order valence-corrected chi connectivity index (χ2v) is 2.83. The van der Waals surface area contributed by atoms with Crippen molar-refractivity contribution in [3.63, 3.8) is 0 Å². The van der Waals surface area contributed by atoms with Crippen LogP contribution in [-0.4, -0.2) is 49.6 Å². The molecule has 0 saturated heterocycles. The highest BCUT2D eigenvalue weighted by molar-refractivity contribution is 7.80. The minimum Gasteiger partial charge on any atom is -0.456 e. The van der Waals surface area contributed by atoms with Crippen LogP contribution in [0.3, 0.4) is 0 Å². The van der Waals surface area contributed by atoms with Crippen molar-refractivity contribution in [2.24, 2.45) is 0 Å². The smallest absolute Gasteiger partial charge is 0.337 e. The Morgan fingerprint density at radius 3 is 2.45 bits per heavy atom. The molecule has 3 nitrogen and oxygen atoms in total. The summed E-state index contributed by atoms with van der Waals surface area (Å²) in [4.78, 5) is 3.40. The Balaban J connectivity index is 3.46. The van der Waals surface area contributed by atoms with E-state index >= 15 is 0 Å². The zero-order valence-corrected chi connectivity index (χ0v) is 8.45. The number of thiocarbonyl (C=S) groups is 1. The van der Waals surface area contributed by atoms with Crippen LogP contribution in [0.2, 0.25) is 0 Å². The number of ether oxygens (including phenoxy) is 1. The highest BCUT2D eigenvalue weighted by atomic mass is 35.5. The maximum atomic E-state index is 5.38. The van der Waals surface area contributed by atoms with E-state index in [4.69, 9.17) is 28.4 Å². The lowest BCUT2D eigenvalue weighted by molar-refractivity contribution is 0.193. The lowest BCUT2D eigenvalue weighted by atomic mass is 10.4. The van der Waals surface area contributed by atoms with Crippen molar-refractivity contribution >= 4 is 35.7 Å². The Bertz CT molecular complexity index is 136. The fourth-order valence-corrected chi connectivity index (χ4v) is 0.423. The summed E-state index contributed by atoms with van der Waals surface area (Å²) in [6, 6.07) is 0. The molecule has 0 aliphatic carbocycles. The second-order valence-electron chi connectivity index (χ2n) is 2.29. The van der Waals surface area contributed by atoms with Crippen molar-refractivity contribution in [2.75, 3.05) is 27.9 Å². The predicted octanol–water partition coefficient (Wildman–Crippen LogP) is 0.512. The van der Waals surface area contributed by atoms with Crippen molar-refractivity contribution in [1.82, 2.24) is 9.71 Å². The lowest BCUT2D eigenvalue weighted by Crippen LogP contribution is -2.29. The summed E-state index contributed by atoms with van der Waals surface area (Å²) in [5.74, 6) is 0. The maximum Gasteiger partial charge on any atom is 0.337 e. The molecule has 0 aliphatic heterocycles. The first-order chi connectivity index (χ1) is 5.07. The summed E-state index contributed by atoms with van der Waals surface area (Å²) in [6.45, 7) is 1.78. The molecule has 63 valence electrons. The van der Waals surface area contributed by atoms with Gasteiger partial charge in [-0.2, -0.15) is 11.5 Å². The summed E-state index contributed by atoms with van der Waals surface area (Å²) >= 11 is 10.2. The second kappa shape index (κ2) is 5.63. The van der Waals surface area contributed by atoms with Crippen molar-refractivity contribution in [3.8, 4) is 0 Å². The van der Waals surface area contributed by atoms with E-state index in [1.165, 1.54) is 6.83 Å². The van der Waals surface area contributed by atoms with Gasteiger partial charge in [-0.25, -0.2) is 0 Å². The molecule has 0 heterocycles. The van der Waals surface area contributed by atoms with Gasteiger partial charge in [-0.05, 0) is 19.3 Å². The van der Waals surface area contributed by atoms with Crippen LogP contribution in [0.15, 0.2) is 0 Å². The maximum absolute atomic E-state index is 5.38. The first-order valence-electron chi connectivity index (χ1n) is 3.05. The van der Waals surface area contributed by atoms with Gasteiger partial charge in [0.25, 0.3) is 5.17 Å². The van der Waals surface area contributed by atoms with E-state index in [1.807, 2.05) is 14.1 Å². The third kappa shape index (κ3) is 5.29. The molecule has 6 heteroatoms. The van der Waals surface area contributed by atoms with Gasteiger partial charge in [0.2, 0.25) is 0 Å². The number of nitrogens with zero attached hydrogens (tertiary/aromatic N) is 2. The zero-order chi connectivity index (χ0) is 8.85. The zero-order valence-electron chi connectivity index (χ0n) is 6.87. The van der Waals surface area contributed by atoms with Gasteiger partial charge in [-0.1, -0.05) is 0 Å². The topological polar surface area (TPSA) is 15.7 Å². The lowest BCUT2D eigenvalue weighted by Gasteiger charge is -2.17. The van der Waals surface area contributed by atoms with Crippen LogP contribution in [-0.2, 0) is 4.74 Å². The highest BCUT2D eigenvalue weighted by Gasteiger charge is 2.02. The Kier molecular flexibility index (Phi) is 5.63. The van der Waals surface area contributed by atoms with Crippen LogP contribution < -0.4 is 0 Å². The Labute approximate surface area is 78.4 Å². The summed E-state index contributed by atoms with van der Waals surface area (Å²) in [7, 11) is 5.45. The standard InChI is InChI=1S/C5H11BClN2OS/c1-8(2)5(11)10-4-9(3)6-7/h4H2,1-3H3. The molecule has 0 rings (SSSR count). The highest BCUT2D eigenvalue weighted by Crippen LogP contribution is 1.89. The summed E-state index contributed by atoms with van der Waals surface area (Å²) in [5, 5.41) is 0.454. The van der Waals surface area contributed by atoms with Crippen LogP contribution in [0, 0.1) is 0 Å². The van der Waals surface area contributed by atoms with Gasteiger partial charge in [0.05, 0.1) is 0 Å². The minimum absolute atomic E-state index is 0.376. The van der Waals surface area contributed by atoms with E-state index in [9.17, 15) is 0 Å². The van der Waals surface area contributed by atoms with E-state index in [2.05, 4.69) is 0 Å². The minimum atomic E-state index is 0.376. The third-order valence-electron chi connectivity index (χ3n) is 0.923. The van der Waals surface area contributed by atoms with Crippen LogP contribution in [0.5, 0.6) is 0 Å². The molecule has 0 bridgehead atoms. The number of hydrogen-bond donors (Lipinski definition) is 0. The molecular formula is C5H11BClN2OS. The molecule has 0 aromatic rings. The van der Waals surface area contributed by atoms with Crippen molar-refractivity contribution in [2.45, 2.75) is 0 Å². The van der Waals surface area contributed by atoms with Gasteiger partial charge in [-0.3, -0.25) is 0 Å². The number of halogens is 1. The van der Waals surface area contributed by atoms with Crippen molar-refractivity contribution in [3.05, 3.63) is 0 Å². The van der Waals surface area contributed by atoms with E-state index < -0.39 is 0 Å². The molecule has 1 radical (unpaired) electrons. The van der Waals surface area contributed by atoms with Gasteiger partial charge >= 0.3 is 6.83 Å². The van der Waals surface area contributed by atoms with Gasteiger partial charge in [0.1, 0.15) is 6.73 Å². The average molecular weight is 193 g/mol. The van der Waals surface area contributed by atoms with E-state index in [0.717, 1.165) is 0 Å². The van der Waals surface area contributed by atoms with Gasteiger partial charge in [0.15, 0.2) is 0 Å². The fraction of sp³-hybridized carbons (Fsp3) is 0.800. The molecule has 11 heavy (non-hydrogen) atoms. The Morgan fingerprint density at radius 2 is 2.09 bits per heavy atom. The number of hydrogen-bond acceptors (Lipinski definition) is 3. The molecule has 0 saturated carbocycles. The molecule has 0 fully saturated rings. The first-order valence-corrected chi connectivity index (χ1v) is 3.90. The largest absolute Gasteiger partial charge is 0.456 e. The predicted molar refractivity (Wildman–Crippen MR) is 51.6 cm³/mol. The van der Waals surface area contributed by atoms with E-state index in [-0.39, 0.29) is 0 Å². The molecule has 0 unspecified atom stereocenters. The van der Waals surface area contributed by atoms with Crippen molar-refractivity contribution in [1.29, 1.82) is 0 Å². The summed E-state index contributed by atoms with van der Waals surface area (Å²) in [5.41, 5.74) is 0. The molecule has 0 aromatic heterocycles. The molecule has 0 N–H and O–H groups in total. The van der Waals surface area contributed by atoms with E-state index in [0.29, 0.717) is 11.9 Å². The van der Waals surface area contributed by atoms with Crippen LogP contribution in [0.25, 0.3) is 0 Å². The molecule has 0 aromatic carbocycles. The molecular weight excluding hydrogens is 182 g/mol. The summed E-state index contributed by atoms with van der Waals surface area (Å²) in [6.07, 6.45) is 0. The normalized spacial score (nSPS) is 9.55. The monoisotopic (exact) mass is 193 g/mol. The quantitative estimate of drug-likeness (QED) is 0.369. The Hall–Kier alpha value is 0.00494. The molecule has 0 atom stereocenters. The van der Waals surface area contributed by atoms with Crippen molar-refractivity contribution < 1.29 is 4.74 Å². The van der Waals surface area contributed by atoms with Crippen LogP contribution >= 0.6 is 23.7 Å². The van der Waals surface area contributed by atoms with Crippen LogP contribution in [0.1, 0.15) is 0 Å². The molecule has 0 aliphatic rings. The van der Waals surface area contributed by atoms with E-state index in [1.54, 1.807) is 16.8 Å². The average Bonchev–Trinajstić information content (AvgIpc) is 1.99. The number of rotatable bonds is 3. The van der Waals surface area contributed by atoms with Crippen LogP contribution in [0.4, 0.5) is 0 Å². The molecule has 0 amide bonds. The first kappa shape index (κ1) is 11.0. The fourth-order valence-electron chi connectivity index (χ4n) is 0.314. The SMILES string of the molecule is CN([B]Cl)COC(=S)N(C)C. The molecule has 0 spiro atoms. The van der Waals surface area contributed by atoms with Gasteiger partial charge in [0, 0.05) is 14.1 Å². The third-order valence-corrected chi connectivity index (χ3v) is 1.74. The Morgan fingerprint density at radius 1 is 1.55 bits per heavy atom.